The molecule has 0 aromatic heterocycles. The van der Waals surface area contributed by atoms with Crippen molar-refractivity contribution in [3.8, 4) is 5.75 Å². The first-order chi connectivity index (χ1) is 13.8. The number of aryl methyl sites for hydroxylation is 1. The molecule has 4 aromatic rings. The lowest BCUT2D eigenvalue weighted by Crippen LogP contribution is -2.05. The minimum atomic E-state index is 0.559. The fraction of sp³-hybridized carbons (Fsp3) is 0.154. The summed E-state index contributed by atoms with van der Waals surface area (Å²) >= 11 is 0. The molecule has 0 atom stereocenters. The van der Waals surface area contributed by atoms with Crippen LogP contribution in [0.3, 0.4) is 0 Å². The predicted molar refractivity (Wildman–Crippen MR) is 118 cm³/mol. The molecule has 0 heterocycles. The monoisotopic (exact) mass is 367 g/mol. The largest absolute Gasteiger partial charge is 0.489 e. The van der Waals surface area contributed by atoms with Crippen molar-refractivity contribution in [2.45, 2.75) is 26.5 Å². The normalized spacial score (nSPS) is 10.8. The van der Waals surface area contributed by atoms with Crippen LogP contribution in [0.1, 0.15) is 23.6 Å². The van der Waals surface area contributed by atoms with Crippen LogP contribution in [-0.2, 0) is 19.6 Å². The molecular weight excluding hydrogens is 342 g/mol. The van der Waals surface area contributed by atoms with Gasteiger partial charge in [0.15, 0.2) is 0 Å². The fourth-order valence-corrected chi connectivity index (χ4v) is 3.56. The van der Waals surface area contributed by atoms with E-state index in [2.05, 4.69) is 91.1 Å². The number of fused-ring (bicyclic) bond motifs is 1. The van der Waals surface area contributed by atoms with E-state index in [0.29, 0.717) is 6.61 Å². The number of para-hydroxylation sites is 2. The highest BCUT2D eigenvalue weighted by Gasteiger charge is 2.07. The maximum Gasteiger partial charge on any atom is 0.124 e. The van der Waals surface area contributed by atoms with Gasteiger partial charge in [-0.05, 0) is 40.5 Å². The summed E-state index contributed by atoms with van der Waals surface area (Å²) in [4.78, 5) is 0. The highest BCUT2D eigenvalue weighted by molar-refractivity contribution is 5.85. The van der Waals surface area contributed by atoms with E-state index in [1.54, 1.807) is 0 Å². The van der Waals surface area contributed by atoms with Gasteiger partial charge in [0.1, 0.15) is 12.4 Å². The molecule has 4 rings (SSSR count). The van der Waals surface area contributed by atoms with E-state index in [1.807, 2.05) is 12.1 Å². The van der Waals surface area contributed by atoms with E-state index < -0.39 is 0 Å². The smallest absolute Gasteiger partial charge is 0.124 e. The maximum absolute atomic E-state index is 6.24. The first kappa shape index (κ1) is 18.1. The van der Waals surface area contributed by atoms with Crippen LogP contribution in [0.2, 0.25) is 0 Å². The van der Waals surface area contributed by atoms with Crippen LogP contribution >= 0.6 is 0 Å². The molecule has 28 heavy (non-hydrogen) atoms. The molecule has 0 saturated carbocycles. The molecule has 0 aliphatic rings. The molecular formula is C26H25NO. The minimum Gasteiger partial charge on any atom is -0.489 e. The van der Waals surface area contributed by atoms with Gasteiger partial charge in [-0.15, -0.1) is 0 Å². The molecule has 4 aromatic carbocycles. The Morgan fingerprint density at radius 1 is 0.679 bits per heavy atom. The van der Waals surface area contributed by atoms with Crippen LogP contribution in [-0.4, -0.2) is 0 Å². The van der Waals surface area contributed by atoms with Gasteiger partial charge >= 0.3 is 0 Å². The standard InChI is InChI=1S/C26H25NO/c1-2-20-10-4-7-16-25(20)27-18-22-12-5-8-17-26(22)28-19-23-14-9-13-21-11-3-6-15-24(21)23/h3-17,27H,2,18-19H2,1H3. The molecule has 0 saturated heterocycles. The van der Waals surface area contributed by atoms with Gasteiger partial charge in [-0.25, -0.2) is 0 Å². The highest BCUT2D eigenvalue weighted by atomic mass is 16.5. The number of hydrogen-bond donors (Lipinski definition) is 1. The van der Waals surface area contributed by atoms with Crippen molar-refractivity contribution in [2.24, 2.45) is 0 Å². The van der Waals surface area contributed by atoms with Crippen molar-refractivity contribution in [2.75, 3.05) is 5.32 Å². The number of rotatable bonds is 7. The lowest BCUT2D eigenvalue weighted by molar-refractivity contribution is 0.304. The lowest BCUT2D eigenvalue weighted by Gasteiger charge is -2.15. The molecule has 0 aliphatic heterocycles. The summed E-state index contributed by atoms with van der Waals surface area (Å²) in [5.74, 6) is 0.928. The van der Waals surface area contributed by atoms with E-state index in [4.69, 9.17) is 4.74 Å². The number of benzene rings is 4. The molecule has 2 nitrogen and oxygen atoms in total. The molecule has 1 N–H and O–H groups in total. The second-order valence-corrected chi connectivity index (χ2v) is 6.90. The topological polar surface area (TPSA) is 21.3 Å². The third-order valence-corrected chi connectivity index (χ3v) is 5.10. The highest BCUT2D eigenvalue weighted by Crippen LogP contribution is 2.24. The zero-order valence-corrected chi connectivity index (χ0v) is 16.2. The molecule has 0 aliphatic carbocycles. The average molecular weight is 367 g/mol. The van der Waals surface area contributed by atoms with E-state index in [9.17, 15) is 0 Å². The van der Waals surface area contributed by atoms with Crippen molar-refractivity contribution in [3.05, 3.63) is 108 Å². The Bertz CT molecular complexity index is 1070. The van der Waals surface area contributed by atoms with E-state index in [-0.39, 0.29) is 0 Å². The summed E-state index contributed by atoms with van der Waals surface area (Å²) in [7, 11) is 0. The summed E-state index contributed by atoms with van der Waals surface area (Å²) in [6, 6.07) is 31.6. The van der Waals surface area contributed by atoms with Crippen molar-refractivity contribution >= 4 is 16.5 Å². The van der Waals surface area contributed by atoms with Crippen LogP contribution in [0.15, 0.2) is 91.0 Å². The number of nitrogens with one attached hydrogen (secondary N) is 1. The van der Waals surface area contributed by atoms with Gasteiger partial charge < -0.3 is 10.1 Å². The molecule has 2 heteroatoms. The lowest BCUT2D eigenvalue weighted by atomic mass is 10.1. The Hall–Kier alpha value is -3.26. The van der Waals surface area contributed by atoms with Crippen LogP contribution in [0.4, 0.5) is 5.69 Å². The Labute approximate surface area is 166 Å². The Morgan fingerprint density at radius 2 is 1.36 bits per heavy atom. The molecule has 0 fully saturated rings. The van der Waals surface area contributed by atoms with E-state index >= 15 is 0 Å². The van der Waals surface area contributed by atoms with Crippen LogP contribution in [0, 0.1) is 0 Å². The predicted octanol–water partition coefficient (Wildman–Crippen LogP) is 6.59. The maximum atomic E-state index is 6.24. The summed E-state index contributed by atoms with van der Waals surface area (Å²) in [6.45, 7) is 3.48. The van der Waals surface area contributed by atoms with Gasteiger partial charge in [-0.3, -0.25) is 0 Å². The third-order valence-electron chi connectivity index (χ3n) is 5.10. The van der Waals surface area contributed by atoms with Crippen LogP contribution < -0.4 is 10.1 Å². The first-order valence-corrected chi connectivity index (χ1v) is 9.84. The molecule has 0 spiro atoms. The van der Waals surface area contributed by atoms with Crippen LogP contribution in [0.5, 0.6) is 5.75 Å². The van der Waals surface area contributed by atoms with Gasteiger partial charge in [0.25, 0.3) is 0 Å². The Morgan fingerprint density at radius 3 is 2.25 bits per heavy atom. The van der Waals surface area contributed by atoms with Crippen molar-refractivity contribution in [3.63, 3.8) is 0 Å². The van der Waals surface area contributed by atoms with Gasteiger partial charge in [-0.2, -0.15) is 0 Å². The number of ether oxygens (including phenoxy) is 1. The molecule has 0 bridgehead atoms. The second-order valence-electron chi connectivity index (χ2n) is 6.90. The van der Waals surface area contributed by atoms with Gasteiger partial charge in [-0.1, -0.05) is 85.8 Å². The minimum absolute atomic E-state index is 0.559. The van der Waals surface area contributed by atoms with Crippen molar-refractivity contribution in [1.29, 1.82) is 0 Å². The average Bonchev–Trinajstić information content (AvgIpc) is 2.77. The quantitative estimate of drug-likeness (QED) is 0.398. The van der Waals surface area contributed by atoms with Gasteiger partial charge in [0, 0.05) is 17.8 Å². The summed E-state index contributed by atoms with van der Waals surface area (Å²) < 4.78 is 6.24. The van der Waals surface area contributed by atoms with Crippen molar-refractivity contribution < 1.29 is 4.74 Å². The molecule has 0 amide bonds. The van der Waals surface area contributed by atoms with Crippen LogP contribution in [0.25, 0.3) is 10.8 Å². The Kier molecular flexibility index (Phi) is 5.58. The Balaban J connectivity index is 1.50. The fourth-order valence-electron chi connectivity index (χ4n) is 3.56. The van der Waals surface area contributed by atoms with Gasteiger partial charge in [0.2, 0.25) is 0 Å². The SMILES string of the molecule is CCc1ccccc1NCc1ccccc1OCc1cccc2ccccc12. The van der Waals surface area contributed by atoms with E-state index in [1.165, 1.54) is 27.6 Å². The number of hydrogen-bond acceptors (Lipinski definition) is 2. The summed E-state index contributed by atoms with van der Waals surface area (Å²) in [6.07, 6.45) is 1.02. The molecule has 140 valence electrons. The summed E-state index contributed by atoms with van der Waals surface area (Å²) in [5.41, 5.74) is 4.89. The first-order valence-electron chi connectivity index (χ1n) is 9.84. The zero-order chi connectivity index (χ0) is 19.2. The van der Waals surface area contributed by atoms with Crippen molar-refractivity contribution in [1.82, 2.24) is 0 Å². The van der Waals surface area contributed by atoms with E-state index in [0.717, 1.165) is 24.3 Å². The summed E-state index contributed by atoms with van der Waals surface area (Å²) in [5, 5.41) is 6.06. The van der Waals surface area contributed by atoms with Gasteiger partial charge in [0.05, 0.1) is 0 Å². The molecule has 0 unspecified atom stereocenters. The molecule has 0 radical (unpaired) electrons. The third kappa shape index (κ3) is 4.01. The zero-order valence-electron chi connectivity index (χ0n) is 16.2. The second kappa shape index (κ2) is 8.62. The number of anilines is 1.